The summed E-state index contributed by atoms with van der Waals surface area (Å²) in [6, 6.07) is 10.5. The monoisotopic (exact) mass is 562 g/mol. The van der Waals surface area contributed by atoms with E-state index >= 15 is 0 Å². The lowest BCUT2D eigenvalue weighted by Gasteiger charge is -2.30. The number of rotatable bonds is 10. The van der Waals surface area contributed by atoms with Crippen molar-refractivity contribution in [3.05, 3.63) is 64.0 Å². The molecule has 0 fully saturated rings. The van der Waals surface area contributed by atoms with Crippen LogP contribution in [-0.4, -0.2) is 46.1 Å². The van der Waals surface area contributed by atoms with Crippen LogP contribution in [0.3, 0.4) is 0 Å². The minimum absolute atomic E-state index is 0.0294. The first-order chi connectivity index (χ1) is 19.3. The van der Waals surface area contributed by atoms with E-state index in [0.717, 1.165) is 59.0 Å². The number of carbonyl (C=O) groups is 1. The van der Waals surface area contributed by atoms with Crippen molar-refractivity contribution in [2.75, 3.05) is 25.6 Å². The molecule has 3 aromatic rings. The van der Waals surface area contributed by atoms with Crippen LogP contribution in [0.1, 0.15) is 93.9 Å². The Labute approximate surface area is 244 Å². The molecule has 8 heteroatoms. The first-order valence-corrected chi connectivity index (χ1v) is 14.6. The number of aliphatic carboxylic acids is 1. The quantitative estimate of drug-likeness (QED) is 0.304. The number of ether oxygens (including phenoxy) is 2. The Bertz CT molecular complexity index is 1380. The Hall–Kier alpha value is -3.55. The number of nitrogens with one attached hydrogen (secondary N) is 1. The van der Waals surface area contributed by atoms with Crippen molar-refractivity contribution >= 4 is 11.8 Å². The van der Waals surface area contributed by atoms with Crippen LogP contribution in [0.25, 0.3) is 0 Å². The van der Waals surface area contributed by atoms with Crippen LogP contribution in [0.5, 0.6) is 11.6 Å². The predicted octanol–water partition coefficient (Wildman–Crippen LogP) is 6.20. The zero-order valence-electron chi connectivity index (χ0n) is 25.9. The van der Waals surface area contributed by atoms with Crippen molar-refractivity contribution in [3.63, 3.8) is 0 Å². The Balaban J connectivity index is 1.57. The predicted molar refractivity (Wildman–Crippen MR) is 163 cm³/mol. The molecule has 2 aromatic heterocycles. The van der Waals surface area contributed by atoms with E-state index in [-0.39, 0.29) is 23.2 Å². The average Bonchev–Trinajstić information content (AvgIpc) is 3.24. The zero-order chi connectivity index (χ0) is 29.9. The summed E-state index contributed by atoms with van der Waals surface area (Å²) in [6.45, 7) is 14.4. The van der Waals surface area contributed by atoms with E-state index < -0.39 is 5.97 Å². The maximum Gasteiger partial charge on any atom is 0.303 e. The van der Waals surface area contributed by atoms with Crippen LogP contribution >= 0.6 is 0 Å². The van der Waals surface area contributed by atoms with Crippen molar-refractivity contribution in [3.8, 4) is 11.6 Å². The van der Waals surface area contributed by atoms with Crippen molar-refractivity contribution in [1.29, 1.82) is 0 Å². The van der Waals surface area contributed by atoms with Gasteiger partial charge in [0.1, 0.15) is 11.6 Å². The number of hydrogen-bond donors (Lipinski definition) is 2. The van der Waals surface area contributed by atoms with Gasteiger partial charge in [-0.3, -0.25) is 4.79 Å². The van der Waals surface area contributed by atoms with Crippen molar-refractivity contribution in [2.45, 2.75) is 90.4 Å². The molecular weight excluding hydrogens is 516 g/mol. The summed E-state index contributed by atoms with van der Waals surface area (Å²) in [5.41, 5.74) is 5.90. The molecule has 0 spiro atoms. The van der Waals surface area contributed by atoms with Crippen LogP contribution in [0.4, 0.5) is 5.82 Å². The highest BCUT2D eigenvalue weighted by atomic mass is 16.5. The number of anilines is 1. The first kappa shape index (κ1) is 30.4. The minimum Gasteiger partial charge on any atom is -0.496 e. The molecule has 0 amide bonds. The number of nitrogens with zero attached hydrogens (tertiary/aromatic N) is 3. The van der Waals surface area contributed by atoms with Gasteiger partial charge >= 0.3 is 5.97 Å². The van der Waals surface area contributed by atoms with Gasteiger partial charge in [0.25, 0.3) is 0 Å². The average molecular weight is 563 g/mol. The maximum absolute atomic E-state index is 12.1. The van der Waals surface area contributed by atoms with Crippen LogP contribution in [0.15, 0.2) is 30.3 Å². The molecule has 8 nitrogen and oxygen atoms in total. The Kier molecular flexibility index (Phi) is 9.00. The van der Waals surface area contributed by atoms with Crippen LogP contribution in [0.2, 0.25) is 0 Å². The van der Waals surface area contributed by atoms with Gasteiger partial charge < -0.3 is 19.9 Å². The number of fused-ring (bicyclic) bond motifs is 1. The largest absolute Gasteiger partial charge is 0.496 e. The highest BCUT2D eigenvalue weighted by Crippen LogP contribution is 2.43. The fraction of sp³-hybridized carbons (Fsp3) is 0.545. The molecule has 1 aliphatic heterocycles. The summed E-state index contributed by atoms with van der Waals surface area (Å²) in [7, 11) is 3.52. The van der Waals surface area contributed by atoms with Gasteiger partial charge in [0.2, 0.25) is 5.88 Å². The number of hydrogen-bond acceptors (Lipinski definition) is 6. The number of methoxy groups -OCH3 is 1. The summed E-state index contributed by atoms with van der Waals surface area (Å²) in [4.78, 5) is 16.8. The van der Waals surface area contributed by atoms with E-state index in [1.54, 1.807) is 11.8 Å². The molecule has 0 saturated carbocycles. The minimum atomic E-state index is -0.852. The standard InChI is InChI=1S/C33H46N4O4/c1-32(2,3)23-18-26(30(40-8)27(19-23)33(4,5)6)22(17-29(38)39)16-25-20-28(37(7)36-25)41-15-13-24-12-11-21-10-9-14-34-31(21)35-24/h11-12,18-20,22H,9-10,13-17H2,1-8H3,(H,34,35)(H,38,39). The highest BCUT2D eigenvalue weighted by Gasteiger charge is 2.30. The maximum atomic E-state index is 12.1. The molecule has 41 heavy (non-hydrogen) atoms. The fourth-order valence-corrected chi connectivity index (χ4v) is 5.44. The highest BCUT2D eigenvalue weighted by molar-refractivity contribution is 5.69. The van der Waals surface area contributed by atoms with Crippen molar-refractivity contribution < 1.29 is 19.4 Å². The Morgan fingerprint density at radius 1 is 1.10 bits per heavy atom. The lowest BCUT2D eigenvalue weighted by atomic mass is 9.76. The molecule has 1 aliphatic rings. The second-order valence-electron chi connectivity index (χ2n) is 13.2. The van der Waals surface area contributed by atoms with Gasteiger partial charge in [0, 0.05) is 43.3 Å². The van der Waals surface area contributed by atoms with Gasteiger partial charge in [-0.25, -0.2) is 9.67 Å². The van der Waals surface area contributed by atoms with Gasteiger partial charge in [-0.05, 0) is 52.8 Å². The smallest absolute Gasteiger partial charge is 0.303 e. The third-order valence-electron chi connectivity index (χ3n) is 7.76. The number of carboxylic acid groups (broad SMARTS) is 1. The summed E-state index contributed by atoms with van der Waals surface area (Å²) in [6.07, 6.45) is 3.31. The molecule has 1 unspecified atom stereocenters. The van der Waals surface area contributed by atoms with E-state index in [1.807, 2.05) is 13.1 Å². The normalized spacial score (nSPS) is 14.2. The lowest BCUT2D eigenvalue weighted by Crippen LogP contribution is -2.20. The van der Waals surface area contributed by atoms with Gasteiger partial charge in [-0.2, -0.15) is 5.10 Å². The third kappa shape index (κ3) is 7.40. The molecule has 222 valence electrons. The molecular formula is C33H46N4O4. The second kappa shape index (κ2) is 12.1. The van der Waals surface area contributed by atoms with Crippen molar-refractivity contribution in [2.24, 2.45) is 7.05 Å². The topological polar surface area (TPSA) is 98.5 Å². The fourth-order valence-electron chi connectivity index (χ4n) is 5.44. The molecule has 2 N–H and O–H groups in total. The third-order valence-corrected chi connectivity index (χ3v) is 7.76. The molecule has 0 saturated heterocycles. The molecule has 3 heterocycles. The SMILES string of the molecule is COc1c(C(CC(=O)O)Cc2cc(OCCc3ccc4c(n3)NCCC4)n(C)n2)cc(C(C)(C)C)cc1C(C)(C)C. The molecule has 1 atom stereocenters. The van der Waals surface area contributed by atoms with E-state index in [2.05, 4.69) is 71.1 Å². The van der Waals surface area contributed by atoms with Gasteiger partial charge in [0.05, 0.1) is 25.8 Å². The molecule has 0 bridgehead atoms. The Morgan fingerprint density at radius 2 is 1.85 bits per heavy atom. The van der Waals surface area contributed by atoms with Crippen LogP contribution < -0.4 is 14.8 Å². The zero-order valence-corrected chi connectivity index (χ0v) is 25.9. The number of aromatic nitrogens is 3. The summed E-state index contributed by atoms with van der Waals surface area (Å²) in [5.74, 6) is 1.23. The Morgan fingerprint density at radius 3 is 2.51 bits per heavy atom. The molecule has 1 aromatic carbocycles. The number of carboxylic acids is 1. The second-order valence-corrected chi connectivity index (χ2v) is 13.2. The molecule has 0 aliphatic carbocycles. The lowest BCUT2D eigenvalue weighted by molar-refractivity contribution is -0.137. The van der Waals surface area contributed by atoms with Gasteiger partial charge in [-0.15, -0.1) is 0 Å². The number of benzene rings is 1. The molecule has 0 radical (unpaired) electrons. The summed E-state index contributed by atoms with van der Waals surface area (Å²) in [5, 5.41) is 18.0. The first-order valence-electron chi connectivity index (χ1n) is 14.6. The molecule has 4 rings (SSSR count). The van der Waals surface area contributed by atoms with E-state index in [1.165, 1.54) is 5.56 Å². The van der Waals surface area contributed by atoms with Crippen LogP contribution in [0, 0.1) is 0 Å². The number of aryl methyl sites for hydroxylation is 2. The van der Waals surface area contributed by atoms with Gasteiger partial charge in [-0.1, -0.05) is 59.7 Å². The summed E-state index contributed by atoms with van der Waals surface area (Å²) >= 11 is 0. The van der Waals surface area contributed by atoms with E-state index in [4.69, 9.17) is 19.6 Å². The van der Waals surface area contributed by atoms with E-state index in [0.29, 0.717) is 25.3 Å². The van der Waals surface area contributed by atoms with E-state index in [9.17, 15) is 9.90 Å². The summed E-state index contributed by atoms with van der Waals surface area (Å²) < 4.78 is 13.8. The van der Waals surface area contributed by atoms with Crippen LogP contribution in [-0.2, 0) is 41.9 Å². The van der Waals surface area contributed by atoms with Crippen molar-refractivity contribution in [1.82, 2.24) is 14.8 Å². The number of pyridine rings is 1. The van der Waals surface area contributed by atoms with Gasteiger partial charge in [0.15, 0.2) is 0 Å².